The van der Waals surface area contributed by atoms with Crippen LogP contribution in [0.15, 0.2) is 4.99 Å². The van der Waals surface area contributed by atoms with Crippen molar-refractivity contribution >= 4 is 41.3 Å². The number of aryl methyl sites for hydroxylation is 2. The van der Waals surface area contributed by atoms with Gasteiger partial charge >= 0.3 is 0 Å². The summed E-state index contributed by atoms with van der Waals surface area (Å²) in [6.07, 6.45) is 3.91. The molecule has 0 aromatic carbocycles. The minimum absolute atomic E-state index is 0. The average Bonchev–Trinajstić information content (AvgIpc) is 2.91. The van der Waals surface area contributed by atoms with Gasteiger partial charge in [-0.15, -0.1) is 35.3 Å². The topological polar surface area (TPSA) is 52.6 Å². The molecule has 1 fully saturated rings. The molecule has 0 saturated carbocycles. The fourth-order valence-corrected chi connectivity index (χ4v) is 4.06. The van der Waals surface area contributed by atoms with Crippen LogP contribution in [-0.2, 0) is 6.54 Å². The first kappa shape index (κ1) is 22.6. The number of guanidine groups is 1. The van der Waals surface area contributed by atoms with Crippen molar-refractivity contribution in [3.8, 4) is 0 Å². The number of likely N-dealkylation sites (tertiary alicyclic amines) is 1. The number of hydrogen-bond acceptors (Lipinski definition) is 4. The Kier molecular flexibility index (Phi) is 10.9. The minimum Gasteiger partial charge on any atom is -0.357 e. The summed E-state index contributed by atoms with van der Waals surface area (Å²) in [4.78, 5) is 13.0. The molecule has 0 spiro atoms. The van der Waals surface area contributed by atoms with Crippen LogP contribution in [0.1, 0.15) is 48.7 Å². The SMILES string of the molecule is CCNC(=NCc1sc(C)nc1C)NCCC1CCN(CC)CC1.I. The summed E-state index contributed by atoms with van der Waals surface area (Å²) >= 11 is 1.74. The fraction of sp³-hybridized carbons (Fsp3) is 0.778. The van der Waals surface area contributed by atoms with Crippen molar-refractivity contribution in [1.29, 1.82) is 0 Å². The number of rotatable bonds is 7. The lowest BCUT2D eigenvalue weighted by molar-refractivity contribution is 0.187. The standard InChI is InChI=1S/C18H33N5S.HI/c1-5-19-18(21-13-17-14(3)22-15(4)24-17)20-10-7-16-8-11-23(6-2)12-9-16;/h16H,5-13H2,1-4H3,(H2,19,20,21);1H. The van der Waals surface area contributed by atoms with Gasteiger partial charge < -0.3 is 15.5 Å². The van der Waals surface area contributed by atoms with E-state index in [1.165, 1.54) is 43.8 Å². The van der Waals surface area contributed by atoms with Gasteiger partial charge in [-0.05, 0) is 65.6 Å². The molecule has 2 N–H and O–H groups in total. The van der Waals surface area contributed by atoms with Crippen LogP contribution in [0.4, 0.5) is 0 Å². The molecular weight excluding hydrogens is 445 g/mol. The van der Waals surface area contributed by atoms with E-state index in [-0.39, 0.29) is 24.0 Å². The third-order valence-corrected chi connectivity index (χ3v) is 5.78. The van der Waals surface area contributed by atoms with Crippen LogP contribution in [0.2, 0.25) is 0 Å². The number of hydrogen-bond donors (Lipinski definition) is 2. The summed E-state index contributed by atoms with van der Waals surface area (Å²) in [7, 11) is 0. The molecule has 1 aliphatic heterocycles. The Bertz CT molecular complexity index is 524. The van der Waals surface area contributed by atoms with E-state index in [0.29, 0.717) is 6.54 Å². The number of nitrogens with one attached hydrogen (secondary N) is 2. The Balaban J connectivity index is 0.00000312. The average molecular weight is 479 g/mol. The van der Waals surface area contributed by atoms with E-state index in [0.717, 1.165) is 35.7 Å². The van der Waals surface area contributed by atoms with Crippen molar-refractivity contribution in [2.75, 3.05) is 32.7 Å². The Morgan fingerprint density at radius 1 is 1.24 bits per heavy atom. The Morgan fingerprint density at radius 3 is 2.52 bits per heavy atom. The molecule has 0 bridgehead atoms. The summed E-state index contributed by atoms with van der Waals surface area (Å²) in [5, 5.41) is 7.97. The molecule has 5 nitrogen and oxygen atoms in total. The van der Waals surface area contributed by atoms with Crippen LogP contribution in [0.5, 0.6) is 0 Å². The van der Waals surface area contributed by atoms with Gasteiger partial charge in [0, 0.05) is 18.0 Å². The maximum absolute atomic E-state index is 4.72. The highest BCUT2D eigenvalue weighted by Crippen LogP contribution is 2.20. The second kappa shape index (κ2) is 12.1. The predicted molar refractivity (Wildman–Crippen MR) is 119 cm³/mol. The molecule has 0 amide bonds. The molecule has 0 aliphatic carbocycles. The van der Waals surface area contributed by atoms with Crippen LogP contribution in [0.25, 0.3) is 0 Å². The second-order valence-corrected chi connectivity index (χ2v) is 7.82. The molecule has 1 aliphatic rings. The van der Waals surface area contributed by atoms with E-state index in [1.54, 1.807) is 11.3 Å². The van der Waals surface area contributed by atoms with Crippen molar-refractivity contribution in [2.24, 2.45) is 10.9 Å². The van der Waals surface area contributed by atoms with Gasteiger partial charge in [0.1, 0.15) is 0 Å². The van der Waals surface area contributed by atoms with Gasteiger partial charge in [0.25, 0.3) is 0 Å². The number of nitrogens with zero attached hydrogens (tertiary/aromatic N) is 3. The zero-order valence-electron chi connectivity index (χ0n) is 16.1. The third kappa shape index (κ3) is 7.78. The van der Waals surface area contributed by atoms with Crippen molar-refractivity contribution in [3.63, 3.8) is 0 Å². The number of aliphatic imine (C=N–C) groups is 1. The van der Waals surface area contributed by atoms with E-state index < -0.39 is 0 Å². The molecule has 2 rings (SSSR count). The molecule has 25 heavy (non-hydrogen) atoms. The molecule has 144 valence electrons. The van der Waals surface area contributed by atoms with Crippen molar-refractivity contribution in [3.05, 3.63) is 15.6 Å². The minimum atomic E-state index is 0. The molecular formula is C18H34IN5S. The predicted octanol–water partition coefficient (Wildman–Crippen LogP) is 3.56. The van der Waals surface area contributed by atoms with E-state index in [2.05, 4.69) is 48.2 Å². The van der Waals surface area contributed by atoms with Gasteiger partial charge in [-0.2, -0.15) is 0 Å². The number of aromatic nitrogens is 1. The smallest absolute Gasteiger partial charge is 0.191 e. The summed E-state index contributed by atoms with van der Waals surface area (Å²) in [6, 6.07) is 0. The maximum Gasteiger partial charge on any atom is 0.191 e. The highest BCUT2D eigenvalue weighted by Gasteiger charge is 2.17. The van der Waals surface area contributed by atoms with Crippen LogP contribution in [-0.4, -0.2) is 48.6 Å². The van der Waals surface area contributed by atoms with E-state index >= 15 is 0 Å². The Hall–Kier alpha value is -0.410. The van der Waals surface area contributed by atoms with Gasteiger partial charge in [-0.3, -0.25) is 0 Å². The van der Waals surface area contributed by atoms with Gasteiger partial charge in [-0.1, -0.05) is 6.92 Å². The molecule has 1 aromatic heterocycles. The normalized spacial score (nSPS) is 16.6. The van der Waals surface area contributed by atoms with Crippen LogP contribution >= 0.6 is 35.3 Å². The van der Waals surface area contributed by atoms with Crippen molar-refractivity contribution in [1.82, 2.24) is 20.5 Å². The van der Waals surface area contributed by atoms with Gasteiger partial charge in [0.05, 0.1) is 17.2 Å². The summed E-state index contributed by atoms with van der Waals surface area (Å²) in [5.74, 6) is 1.78. The van der Waals surface area contributed by atoms with Crippen LogP contribution in [0, 0.1) is 19.8 Å². The van der Waals surface area contributed by atoms with E-state index in [4.69, 9.17) is 4.99 Å². The van der Waals surface area contributed by atoms with Crippen molar-refractivity contribution < 1.29 is 0 Å². The molecule has 2 heterocycles. The Morgan fingerprint density at radius 2 is 1.96 bits per heavy atom. The first-order chi connectivity index (χ1) is 11.6. The quantitative estimate of drug-likeness (QED) is 0.357. The Labute approximate surface area is 174 Å². The highest BCUT2D eigenvalue weighted by molar-refractivity contribution is 14.0. The largest absolute Gasteiger partial charge is 0.357 e. The van der Waals surface area contributed by atoms with Gasteiger partial charge in [-0.25, -0.2) is 9.98 Å². The monoisotopic (exact) mass is 479 g/mol. The lowest BCUT2D eigenvalue weighted by Gasteiger charge is -2.31. The van der Waals surface area contributed by atoms with Crippen molar-refractivity contribution in [2.45, 2.75) is 53.5 Å². The molecule has 1 saturated heterocycles. The van der Waals surface area contributed by atoms with E-state index in [9.17, 15) is 0 Å². The highest BCUT2D eigenvalue weighted by atomic mass is 127. The number of piperidine rings is 1. The fourth-order valence-electron chi connectivity index (χ4n) is 3.20. The summed E-state index contributed by atoms with van der Waals surface area (Å²) in [5.41, 5.74) is 1.11. The molecule has 0 unspecified atom stereocenters. The van der Waals surface area contributed by atoms with Gasteiger partial charge in [0.15, 0.2) is 5.96 Å². The first-order valence-electron chi connectivity index (χ1n) is 9.29. The van der Waals surface area contributed by atoms with Crippen LogP contribution in [0.3, 0.4) is 0 Å². The number of thiazole rings is 1. The third-order valence-electron chi connectivity index (χ3n) is 4.72. The lowest BCUT2D eigenvalue weighted by Crippen LogP contribution is -2.39. The molecule has 7 heteroatoms. The molecule has 0 radical (unpaired) electrons. The zero-order chi connectivity index (χ0) is 17.4. The van der Waals surface area contributed by atoms with Gasteiger partial charge in [0.2, 0.25) is 0 Å². The number of halogens is 1. The lowest BCUT2D eigenvalue weighted by atomic mass is 9.93. The molecule has 0 atom stereocenters. The zero-order valence-corrected chi connectivity index (χ0v) is 19.2. The maximum atomic E-state index is 4.72. The van der Waals surface area contributed by atoms with E-state index in [1.807, 2.05) is 0 Å². The second-order valence-electron chi connectivity index (χ2n) is 6.53. The first-order valence-corrected chi connectivity index (χ1v) is 10.1. The summed E-state index contributed by atoms with van der Waals surface area (Å²) < 4.78 is 0. The molecule has 1 aromatic rings. The van der Waals surface area contributed by atoms with Crippen LogP contribution < -0.4 is 10.6 Å². The summed E-state index contributed by atoms with van der Waals surface area (Å²) in [6.45, 7) is 14.8.